The number of hydrogen-bond donors (Lipinski definition) is 1. The van der Waals surface area contributed by atoms with E-state index in [1.807, 2.05) is 18.2 Å². The molecule has 0 bridgehead atoms. The second-order valence-electron chi connectivity index (χ2n) is 4.02. The van der Waals surface area contributed by atoms with Crippen molar-refractivity contribution in [2.45, 2.75) is 6.54 Å². The van der Waals surface area contributed by atoms with Crippen LogP contribution in [-0.4, -0.2) is 39.9 Å². The summed E-state index contributed by atoms with van der Waals surface area (Å²) in [5, 5.41) is 2.85. The molecule has 2 aromatic rings. The minimum absolute atomic E-state index is 0.185. The predicted molar refractivity (Wildman–Crippen MR) is 71.6 cm³/mol. The Bertz CT molecular complexity index is 558. The van der Waals surface area contributed by atoms with Crippen molar-refractivity contribution >= 4 is 11.7 Å². The van der Waals surface area contributed by atoms with E-state index in [4.69, 9.17) is 0 Å². The molecular formula is C13H15N5O. The number of pyridine rings is 1. The van der Waals surface area contributed by atoms with E-state index in [-0.39, 0.29) is 5.91 Å². The summed E-state index contributed by atoms with van der Waals surface area (Å²) in [6.45, 7) is 0.436. The Morgan fingerprint density at radius 1 is 1.37 bits per heavy atom. The molecule has 0 radical (unpaired) electrons. The van der Waals surface area contributed by atoms with E-state index in [1.165, 1.54) is 6.20 Å². The van der Waals surface area contributed by atoms with Crippen LogP contribution < -0.4 is 5.32 Å². The predicted octanol–water partition coefficient (Wildman–Crippen LogP) is 1.19. The fourth-order valence-electron chi connectivity index (χ4n) is 1.59. The van der Waals surface area contributed by atoms with Crippen LogP contribution in [0, 0.1) is 0 Å². The largest absolute Gasteiger partial charge is 0.372 e. The van der Waals surface area contributed by atoms with Gasteiger partial charge in [-0.25, -0.2) is 4.98 Å². The first-order valence-electron chi connectivity index (χ1n) is 5.86. The van der Waals surface area contributed by atoms with Crippen LogP contribution in [-0.2, 0) is 6.54 Å². The molecule has 0 spiro atoms. The van der Waals surface area contributed by atoms with Crippen LogP contribution in [0.5, 0.6) is 0 Å². The molecule has 0 aliphatic carbocycles. The Balaban J connectivity index is 2.10. The Kier molecular flexibility index (Phi) is 4.02. The van der Waals surface area contributed by atoms with Crippen molar-refractivity contribution in [3.63, 3.8) is 0 Å². The summed E-state index contributed by atoms with van der Waals surface area (Å²) in [5.41, 5.74) is 1.14. The van der Waals surface area contributed by atoms with Gasteiger partial charge in [-0.1, -0.05) is 6.07 Å². The molecule has 0 fully saturated rings. The van der Waals surface area contributed by atoms with Crippen molar-refractivity contribution in [3.8, 4) is 0 Å². The molecule has 1 amide bonds. The van der Waals surface area contributed by atoms with Crippen molar-refractivity contribution in [2.75, 3.05) is 19.4 Å². The van der Waals surface area contributed by atoms with Gasteiger partial charge in [0.15, 0.2) is 0 Å². The lowest BCUT2D eigenvalue weighted by Gasteiger charge is -2.16. The zero-order valence-electron chi connectivity index (χ0n) is 10.9. The number of nitrogens with one attached hydrogen (secondary N) is 1. The normalized spacial score (nSPS) is 10.0. The lowest BCUT2D eigenvalue weighted by Crippen LogP contribution is -2.27. The van der Waals surface area contributed by atoms with E-state index in [1.54, 1.807) is 31.4 Å². The summed E-state index contributed by atoms with van der Waals surface area (Å²) in [6.07, 6.45) is 4.72. The number of hydrogen-bond acceptors (Lipinski definition) is 5. The first-order chi connectivity index (χ1) is 9.20. The summed E-state index contributed by atoms with van der Waals surface area (Å²) in [4.78, 5) is 26.1. The maximum absolute atomic E-state index is 12.2. The molecular weight excluding hydrogens is 242 g/mol. The standard InChI is InChI=1S/C13H15N5O/c1-14-12-8-15-7-11(17-12)13(19)18(2)9-10-5-3-4-6-16-10/h3-8H,9H2,1-2H3,(H,14,17). The Morgan fingerprint density at radius 3 is 2.89 bits per heavy atom. The summed E-state index contributed by atoms with van der Waals surface area (Å²) >= 11 is 0. The SMILES string of the molecule is CNc1cncc(C(=O)N(C)Cc2ccccn2)n1. The van der Waals surface area contributed by atoms with Gasteiger partial charge in [-0.15, -0.1) is 0 Å². The highest BCUT2D eigenvalue weighted by molar-refractivity contribution is 5.92. The van der Waals surface area contributed by atoms with Crippen molar-refractivity contribution in [3.05, 3.63) is 48.2 Å². The van der Waals surface area contributed by atoms with Gasteiger partial charge in [0.25, 0.3) is 5.91 Å². The van der Waals surface area contributed by atoms with Crippen LogP contribution in [0.25, 0.3) is 0 Å². The smallest absolute Gasteiger partial charge is 0.274 e. The molecule has 0 atom stereocenters. The number of anilines is 1. The van der Waals surface area contributed by atoms with Crippen molar-refractivity contribution in [1.29, 1.82) is 0 Å². The van der Waals surface area contributed by atoms with E-state index >= 15 is 0 Å². The van der Waals surface area contributed by atoms with E-state index in [9.17, 15) is 4.79 Å². The molecule has 2 rings (SSSR count). The summed E-state index contributed by atoms with van der Waals surface area (Å²) in [5.74, 6) is 0.382. The first kappa shape index (κ1) is 12.9. The van der Waals surface area contributed by atoms with Gasteiger partial charge in [0.2, 0.25) is 0 Å². The summed E-state index contributed by atoms with van der Waals surface area (Å²) in [6, 6.07) is 5.61. The van der Waals surface area contributed by atoms with E-state index < -0.39 is 0 Å². The summed E-state index contributed by atoms with van der Waals surface area (Å²) < 4.78 is 0. The van der Waals surface area contributed by atoms with Gasteiger partial charge < -0.3 is 10.2 Å². The zero-order valence-corrected chi connectivity index (χ0v) is 10.9. The number of carbonyl (C=O) groups excluding carboxylic acids is 1. The molecule has 0 saturated carbocycles. The van der Waals surface area contributed by atoms with E-state index in [0.717, 1.165) is 5.69 Å². The first-order valence-corrected chi connectivity index (χ1v) is 5.86. The number of carbonyl (C=O) groups is 1. The van der Waals surface area contributed by atoms with E-state index in [2.05, 4.69) is 20.3 Å². The minimum atomic E-state index is -0.185. The van der Waals surface area contributed by atoms with Gasteiger partial charge in [0.1, 0.15) is 11.5 Å². The number of rotatable bonds is 4. The molecule has 0 aliphatic heterocycles. The third-order valence-corrected chi connectivity index (χ3v) is 2.58. The highest BCUT2D eigenvalue weighted by atomic mass is 16.2. The Morgan fingerprint density at radius 2 is 2.21 bits per heavy atom. The fourth-order valence-corrected chi connectivity index (χ4v) is 1.59. The third kappa shape index (κ3) is 3.25. The van der Waals surface area contributed by atoms with Gasteiger partial charge in [-0.3, -0.25) is 14.8 Å². The second-order valence-corrected chi connectivity index (χ2v) is 4.02. The van der Waals surface area contributed by atoms with Gasteiger partial charge in [0.05, 0.1) is 24.6 Å². The number of amides is 1. The van der Waals surface area contributed by atoms with Crippen LogP contribution >= 0.6 is 0 Å². The van der Waals surface area contributed by atoms with Crippen LogP contribution in [0.2, 0.25) is 0 Å². The number of aromatic nitrogens is 3. The van der Waals surface area contributed by atoms with Crippen LogP contribution in [0.4, 0.5) is 5.82 Å². The molecule has 6 nitrogen and oxygen atoms in total. The highest BCUT2D eigenvalue weighted by Gasteiger charge is 2.14. The highest BCUT2D eigenvalue weighted by Crippen LogP contribution is 2.06. The van der Waals surface area contributed by atoms with Crippen LogP contribution in [0.1, 0.15) is 16.2 Å². The van der Waals surface area contributed by atoms with E-state index in [0.29, 0.717) is 18.1 Å². The average molecular weight is 257 g/mol. The van der Waals surface area contributed by atoms with Crippen molar-refractivity contribution < 1.29 is 4.79 Å². The maximum atomic E-state index is 12.2. The molecule has 2 aromatic heterocycles. The van der Waals surface area contributed by atoms with Crippen molar-refractivity contribution in [1.82, 2.24) is 19.9 Å². The van der Waals surface area contributed by atoms with Gasteiger partial charge in [-0.05, 0) is 12.1 Å². The van der Waals surface area contributed by atoms with Crippen LogP contribution in [0.15, 0.2) is 36.8 Å². The Labute approximate surface area is 111 Å². The zero-order chi connectivity index (χ0) is 13.7. The molecule has 6 heteroatoms. The molecule has 0 aliphatic rings. The van der Waals surface area contributed by atoms with Gasteiger partial charge in [0, 0.05) is 20.3 Å². The summed E-state index contributed by atoms with van der Waals surface area (Å²) in [7, 11) is 3.45. The monoisotopic (exact) mass is 257 g/mol. The third-order valence-electron chi connectivity index (χ3n) is 2.58. The number of nitrogens with zero attached hydrogens (tertiary/aromatic N) is 4. The quantitative estimate of drug-likeness (QED) is 0.890. The van der Waals surface area contributed by atoms with Gasteiger partial charge >= 0.3 is 0 Å². The van der Waals surface area contributed by atoms with Crippen molar-refractivity contribution in [2.24, 2.45) is 0 Å². The molecule has 0 aromatic carbocycles. The second kappa shape index (κ2) is 5.90. The minimum Gasteiger partial charge on any atom is -0.372 e. The molecule has 19 heavy (non-hydrogen) atoms. The molecule has 2 heterocycles. The Hall–Kier alpha value is -2.50. The topological polar surface area (TPSA) is 71.0 Å². The molecule has 0 unspecified atom stereocenters. The maximum Gasteiger partial charge on any atom is 0.274 e. The molecule has 1 N–H and O–H groups in total. The molecule has 0 saturated heterocycles. The average Bonchev–Trinajstić information content (AvgIpc) is 2.47. The molecule has 98 valence electrons. The fraction of sp³-hybridized carbons (Fsp3) is 0.231. The van der Waals surface area contributed by atoms with Crippen LogP contribution in [0.3, 0.4) is 0 Å². The van der Waals surface area contributed by atoms with Gasteiger partial charge in [-0.2, -0.15) is 0 Å². The lowest BCUT2D eigenvalue weighted by atomic mass is 10.3. The lowest BCUT2D eigenvalue weighted by molar-refractivity contribution is 0.0777.